The van der Waals surface area contributed by atoms with Crippen LogP contribution in [0.5, 0.6) is 5.75 Å². The molecule has 0 aliphatic heterocycles. The summed E-state index contributed by atoms with van der Waals surface area (Å²) in [5.41, 5.74) is 0.363. The summed E-state index contributed by atoms with van der Waals surface area (Å²) in [5.74, 6) is -4.52. The summed E-state index contributed by atoms with van der Waals surface area (Å²) >= 11 is 0. The SMILES string of the molecule is COc1cc(F)c(-c2c3ccccc3c(-c3ccc(F)c(F)c3)c3c(F)cccc23)c(F)c1. The first kappa shape index (κ1) is 20.9. The number of fused-ring (bicyclic) bond motifs is 2. The first-order valence-corrected chi connectivity index (χ1v) is 10.0. The Morgan fingerprint density at radius 2 is 1.15 bits per heavy atom. The van der Waals surface area contributed by atoms with Gasteiger partial charge in [-0.3, -0.25) is 0 Å². The lowest BCUT2D eigenvalue weighted by Gasteiger charge is -2.19. The average molecular weight is 450 g/mol. The molecule has 0 radical (unpaired) electrons. The van der Waals surface area contributed by atoms with Crippen LogP contribution in [0.2, 0.25) is 0 Å². The fourth-order valence-corrected chi connectivity index (χ4v) is 4.31. The van der Waals surface area contributed by atoms with E-state index in [4.69, 9.17) is 4.74 Å². The van der Waals surface area contributed by atoms with Crippen molar-refractivity contribution in [3.63, 3.8) is 0 Å². The molecule has 0 heterocycles. The Kier molecular flexibility index (Phi) is 5.01. The Morgan fingerprint density at radius 1 is 0.515 bits per heavy atom. The lowest BCUT2D eigenvalue weighted by Crippen LogP contribution is -1.98. The maximum absolute atomic E-state index is 15.3. The van der Waals surface area contributed by atoms with Gasteiger partial charge in [0.2, 0.25) is 0 Å². The monoisotopic (exact) mass is 450 g/mol. The van der Waals surface area contributed by atoms with E-state index in [2.05, 4.69) is 0 Å². The van der Waals surface area contributed by atoms with Crippen LogP contribution in [0.3, 0.4) is 0 Å². The normalized spacial score (nSPS) is 11.3. The Bertz CT molecular complexity index is 1540. The van der Waals surface area contributed by atoms with Gasteiger partial charge in [0.25, 0.3) is 0 Å². The number of halogens is 5. The first-order chi connectivity index (χ1) is 15.9. The second-order valence-electron chi connectivity index (χ2n) is 7.55. The van der Waals surface area contributed by atoms with Gasteiger partial charge in [0, 0.05) is 28.6 Å². The molecule has 5 rings (SSSR count). The van der Waals surface area contributed by atoms with Crippen LogP contribution < -0.4 is 4.74 Å². The van der Waals surface area contributed by atoms with Gasteiger partial charge < -0.3 is 4.74 Å². The Morgan fingerprint density at radius 3 is 1.79 bits per heavy atom. The summed E-state index contributed by atoms with van der Waals surface area (Å²) in [7, 11) is 1.30. The molecule has 0 N–H and O–H groups in total. The molecular formula is C27H15F5O. The molecule has 0 atom stereocenters. The summed E-state index contributed by atoms with van der Waals surface area (Å²) < 4.78 is 78.3. The van der Waals surface area contributed by atoms with Gasteiger partial charge in [-0.1, -0.05) is 42.5 Å². The molecule has 33 heavy (non-hydrogen) atoms. The highest BCUT2D eigenvalue weighted by atomic mass is 19.2. The molecule has 0 amide bonds. The minimum Gasteiger partial charge on any atom is -0.497 e. The molecule has 0 saturated heterocycles. The summed E-state index contributed by atoms with van der Waals surface area (Å²) in [4.78, 5) is 0. The van der Waals surface area contributed by atoms with Gasteiger partial charge in [-0.15, -0.1) is 0 Å². The number of benzene rings is 5. The van der Waals surface area contributed by atoms with Crippen LogP contribution in [0.15, 0.2) is 72.8 Å². The second-order valence-corrected chi connectivity index (χ2v) is 7.55. The van der Waals surface area contributed by atoms with Crippen molar-refractivity contribution in [3.8, 4) is 28.0 Å². The van der Waals surface area contributed by atoms with Crippen LogP contribution in [0, 0.1) is 29.1 Å². The van der Waals surface area contributed by atoms with E-state index in [-0.39, 0.29) is 33.2 Å². The molecule has 0 aromatic heterocycles. The Labute approximate surface area is 185 Å². The van der Waals surface area contributed by atoms with Gasteiger partial charge in [0.05, 0.1) is 12.7 Å². The van der Waals surface area contributed by atoms with E-state index >= 15 is 13.2 Å². The van der Waals surface area contributed by atoms with Gasteiger partial charge in [-0.2, -0.15) is 0 Å². The van der Waals surface area contributed by atoms with Crippen molar-refractivity contribution >= 4 is 21.5 Å². The predicted octanol–water partition coefficient (Wildman–Crippen LogP) is 8.03. The number of methoxy groups -OCH3 is 1. The number of ether oxygens (including phenoxy) is 1. The molecule has 0 aliphatic carbocycles. The van der Waals surface area contributed by atoms with Gasteiger partial charge in [-0.05, 0) is 39.9 Å². The number of hydrogen-bond donors (Lipinski definition) is 0. The highest BCUT2D eigenvalue weighted by molar-refractivity contribution is 6.21. The molecule has 1 nitrogen and oxygen atoms in total. The third-order valence-electron chi connectivity index (χ3n) is 5.71. The molecular weight excluding hydrogens is 435 g/mol. The molecule has 5 aromatic carbocycles. The Balaban J connectivity index is 2.01. The maximum Gasteiger partial charge on any atom is 0.159 e. The summed E-state index contributed by atoms with van der Waals surface area (Å²) in [6, 6.07) is 16.3. The van der Waals surface area contributed by atoms with Gasteiger partial charge in [0.1, 0.15) is 23.2 Å². The first-order valence-electron chi connectivity index (χ1n) is 10.0. The van der Waals surface area contributed by atoms with Crippen molar-refractivity contribution in [2.45, 2.75) is 0 Å². The highest BCUT2D eigenvalue weighted by Gasteiger charge is 2.24. The third-order valence-corrected chi connectivity index (χ3v) is 5.71. The molecule has 0 fully saturated rings. The van der Waals surface area contributed by atoms with Crippen LogP contribution >= 0.6 is 0 Å². The zero-order chi connectivity index (χ0) is 23.3. The molecule has 0 unspecified atom stereocenters. The second kappa shape index (κ2) is 7.89. The van der Waals surface area contributed by atoms with Crippen molar-refractivity contribution in [1.82, 2.24) is 0 Å². The minimum atomic E-state index is -1.09. The van der Waals surface area contributed by atoms with Crippen molar-refractivity contribution in [2.24, 2.45) is 0 Å². The third kappa shape index (κ3) is 3.30. The summed E-state index contributed by atoms with van der Waals surface area (Å²) in [6.07, 6.45) is 0. The lowest BCUT2D eigenvalue weighted by molar-refractivity contribution is 0.407. The van der Waals surface area contributed by atoms with E-state index in [0.29, 0.717) is 16.3 Å². The zero-order valence-corrected chi connectivity index (χ0v) is 17.2. The van der Waals surface area contributed by atoms with Gasteiger partial charge in [-0.25, -0.2) is 22.0 Å². The van der Waals surface area contributed by atoms with Crippen LogP contribution in [0.1, 0.15) is 0 Å². The highest BCUT2D eigenvalue weighted by Crippen LogP contribution is 2.46. The topological polar surface area (TPSA) is 9.23 Å². The van der Waals surface area contributed by atoms with Crippen molar-refractivity contribution in [1.29, 1.82) is 0 Å². The molecule has 0 bridgehead atoms. The van der Waals surface area contributed by atoms with E-state index in [1.807, 2.05) is 0 Å². The van der Waals surface area contributed by atoms with Gasteiger partial charge >= 0.3 is 0 Å². The van der Waals surface area contributed by atoms with Crippen LogP contribution in [-0.4, -0.2) is 7.11 Å². The molecule has 6 heteroatoms. The zero-order valence-electron chi connectivity index (χ0n) is 17.2. The quantitative estimate of drug-likeness (QED) is 0.200. The fraction of sp³-hybridized carbons (Fsp3) is 0.0370. The standard InChI is InChI=1S/C27H15F5O/c1-33-15-12-22(31)27(23(32)13-15)25-17-6-3-2-5-16(17)24(14-9-10-19(28)21(30)11-14)26-18(25)7-4-8-20(26)29/h2-13H,1H3. The van der Waals surface area contributed by atoms with Crippen molar-refractivity contribution in [2.75, 3.05) is 7.11 Å². The Hall–Kier alpha value is -3.93. The van der Waals surface area contributed by atoms with E-state index in [1.165, 1.54) is 25.3 Å². The van der Waals surface area contributed by atoms with Crippen LogP contribution in [0.25, 0.3) is 43.8 Å². The molecule has 5 aromatic rings. The average Bonchev–Trinajstić information content (AvgIpc) is 2.80. The summed E-state index contributed by atoms with van der Waals surface area (Å²) in [5, 5.41) is 1.15. The van der Waals surface area contributed by atoms with Crippen molar-refractivity contribution < 1.29 is 26.7 Å². The largest absolute Gasteiger partial charge is 0.497 e. The molecule has 0 aliphatic rings. The fourth-order valence-electron chi connectivity index (χ4n) is 4.31. The minimum absolute atomic E-state index is 0.00643. The summed E-state index contributed by atoms with van der Waals surface area (Å²) in [6.45, 7) is 0. The lowest BCUT2D eigenvalue weighted by atomic mass is 9.85. The molecule has 0 saturated carbocycles. The van der Waals surface area contributed by atoms with Gasteiger partial charge in [0.15, 0.2) is 11.6 Å². The van der Waals surface area contributed by atoms with E-state index < -0.39 is 29.1 Å². The van der Waals surface area contributed by atoms with Crippen LogP contribution in [0.4, 0.5) is 22.0 Å². The smallest absolute Gasteiger partial charge is 0.159 e. The molecule has 0 spiro atoms. The number of hydrogen-bond acceptors (Lipinski definition) is 1. The molecule has 164 valence electrons. The predicted molar refractivity (Wildman–Crippen MR) is 119 cm³/mol. The maximum atomic E-state index is 15.3. The van der Waals surface area contributed by atoms with Crippen molar-refractivity contribution in [3.05, 3.63) is 102 Å². The van der Waals surface area contributed by atoms with E-state index in [9.17, 15) is 8.78 Å². The van der Waals surface area contributed by atoms with Crippen LogP contribution in [-0.2, 0) is 0 Å². The number of rotatable bonds is 3. The van der Waals surface area contributed by atoms with E-state index in [0.717, 1.165) is 24.3 Å². The van der Waals surface area contributed by atoms with E-state index in [1.54, 1.807) is 30.3 Å².